The van der Waals surface area contributed by atoms with Gasteiger partial charge in [0.05, 0.1) is 11.8 Å². The lowest BCUT2D eigenvalue weighted by Crippen LogP contribution is -2.42. The van der Waals surface area contributed by atoms with Crippen LogP contribution in [-0.2, 0) is 21.8 Å². The number of Topliss-reactive ketones (excluding diaryl/α,β-unsaturated/α-hetero) is 1. The lowest BCUT2D eigenvalue weighted by Gasteiger charge is -2.16. The van der Waals surface area contributed by atoms with Crippen molar-refractivity contribution in [3.8, 4) is 0 Å². The lowest BCUT2D eigenvalue weighted by atomic mass is 10.0. The van der Waals surface area contributed by atoms with Gasteiger partial charge in [-0.05, 0) is 36.6 Å². The minimum Gasteiger partial charge on any atom is -0.345 e. The van der Waals surface area contributed by atoms with Crippen molar-refractivity contribution in [1.82, 2.24) is 5.32 Å². The molecule has 3 nitrogen and oxygen atoms in total. The standard InChI is InChI=1S/C19H20ClNO2S/c1-14(22)18(11-15-5-3-2-4-6-15)21-19(23)13-24-12-16-7-9-17(20)10-8-16/h2-10,18H,11-13H2,1H3,(H,21,23). The van der Waals surface area contributed by atoms with Crippen molar-refractivity contribution in [3.05, 3.63) is 70.7 Å². The molecule has 0 heterocycles. The molecule has 0 saturated heterocycles. The molecule has 0 saturated carbocycles. The van der Waals surface area contributed by atoms with Gasteiger partial charge in [-0.3, -0.25) is 9.59 Å². The van der Waals surface area contributed by atoms with Crippen LogP contribution in [0.2, 0.25) is 5.02 Å². The number of benzene rings is 2. The second-order valence-electron chi connectivity index (χ2n) is 5.54. The van der Waals surface area contributed by atoms with Crippen LogP contribution < -0.4 is 5.32 Å². The number of carbonyl (C=O) groups excluding carboxylic acids is 2. The number of amides is 1. The number of thioether (sulfide) groups is 1. The number of nitrogens with one attached hydrogen (secondary N) is 1. The molecule has 1 unspecified atom stereocenters. The van der Waals surface area contributed by atoms with E-state index < -0.39 is 6.04 Å². The Bertz CT molecular complexity index is 674. The van der Waals surface area contributed by atoms with Crippen molar-refractivity contribution in [1.29, 1.82) is 0 Å². The number of ketones is 1. The predicted molar refractivity (Wildman–Crippen MR) is 100 cm³/mol. The topological polar surface area (TPSA) is 46.2 Å². The van der Waals surface area contributed by atoms with E-state index in [1.807, 2.05) is 54.6 Å². The Morgan fingerprint density at radius 3 is 2.33 bits per heavy atom. The summed E-state index contributed by atoms with van der Waals surface area (Å²) in [5.41, 5.74) is 2.15. The maximum Gasteiger partial charge on any atom is 0.230 e. The Labute approximate surface area is 151 Å². The molecule has 5 heteroatoms. The van der Waals surface area contributed by atoms with Crippen molar-refractivity contribution in [2.24, 2.45) is 0 Å². The third kappa shape index (κ3) is 6.38. The molecule has 0 aliphatic heterocycles. The van der Waals surface area contributed by atoms with Gasteiger partial charge in [0.1, 0.15) is 0 Å². The highest BCUT2D eigenvalue weighted by Gasteiger charge is 2.17. The van der Waals surface area contributed by atoms with E-state index in [0.717, 1.165) is 16.9 Å². The predicted octanol–water partition coefficient (Wildman–Crippen LogP) is 3.89. The van der Waals surface area contributed by atoms with Crippen LogP contribution in [0, 0.1) is 0 Å². The molecule has 0 aromatic heterocycles. The molecule has 0 fully saturated rings. The van der Waals surface area contributed by atoms with Crippen molar-refractivity contribution >= 4 is 35.1 Å². The summed E-state index contributed by atoms with van der Waals surface area (Å²) in [6, 6.07) is 16.8. The Kier molecular flexibility index (Phi) is 7.35. The molecular weight excluding hydrogens is 342 g/mol. The highest BCUT2D eigenvalue weighted by atomic mass is 35.5. The van der Waals surface area contributed by atoms with Crippen LogP contribution in [0.1, 0.15) is 18.1 Å². The molecule has 2 aromatic rings. The molecule has 0 spiro atoms. The molecule has 0 aliphatic rings. The minimum absolute atomic E-state index is 0.0325. The summed E-state index contributed by atoms with van der Waals surface area (Å²) < 4.78 is 0. The van der Waals surface area contributed by atoms with Gasteiger partial charge in [-0.15, -0.1) is 11.8 Å². The van der Waals surface area contributed by atoms with Crippen molar-refractivity contribution < 1.29 is 9.59 Å². The van der Waals surface area contributed by atoms with Gasteiger partial charge >= 0.3 is 0 Å². The molecule has 0 aliphatic carbocycles. The zero-order valence-electron chi connectivity index (χ0n) is 13.5. The monoisotopic (exact) mass is 361 g/mol. The first-order valence-corrected chi connectivity index (χ1v) is 9.24. The van der Waals surface area contributed by atoms with E-state index in [1.165, 1.54) is 18.7 Å². The average molecular weight is 362 g/mol. The second kappa shape index (κ2) is 9.50. The van der Waals surface area contributed by atoms with Crippen molar-refractivity contribution in [2.45, 2.75) is 25.1 Å². The van der Waals surface area contributed by atoms with Crippen LogP contribution in [0.5, 0.6) is 0 Å². The van der Waals surface area contributed by atoms with Gasteiger partial charge in [-0.1, -0.05) is 54.1 Å². The Morgan fingerprint density at radius 2 is 1.71 bits per heavy atom. The average Bonchev–Trinajstić information content (AvgIpc) is 2.57. The summed E-state index contributed by atoms with van der Waals surface area (Å²) in [6.07, 6.45) is 0.518. The zero-order valence-corrected chi connectivity index (χ0v) is 15.1. The van der Waals surface area contributed by atoms with Crippen LogP contribution in [0.15, 0.2) is 54.6 Å². The maximum absolute atomic E-state index is 12.1. The van der Waals surface area contributed by atoms with E-state index in [2.05, 4.69) is 5.32 Å². The highest BCUT2D eigenvalue weighted by molar-refractivity contribution is 7.99. The van der Waals surface area contributed by atoms with Crippen LogP contribution >= 0.6 is 23.4 Å². The normalized spacial score (nSPS) is 11.8. The van der Waals surface area contributed by atoms with Gasteiger partial charge < -0.3 is 5.32 Å². The van der Waals surface area contributed by atoms with E-state index in [9.17, 15) is 9.59 Å². The van der Waals surface area contributed by atoms with E-state index in [-0.39, 0.29) is 11.7 Å². The maximum atomic E-state index is 12.1. The van der Waals surface area contributed by atoms with Gasteiger partial charge in [-0.25, -0.2) is 0 Å². The quantitative estimate of drug-likeness (QED) is 0.775. The van der Waals surface area contributed by atoms with Crippen molar-refractivity contribution in [2.75, 3.05) is 5.75 Å². The Morgan fingerprint density at radius 1 is 1.04 bits per heavy atom. The van der Waals surface area contributed by atoms with Gasteiger partial charge in [0.15, 0.2) is 5.78 Å². The first kappa shape index (κ1) is 18.6. The summed E-state index contributed by atoms with van der Waals surface area (Å²) in [5, 5.41) is 3.53. The van der Waals surface area contributed by atoms with E-state index in [4.69, 9.17) is 11.6 Å². The number of hydrogen-bond acceptors (Lipinski definition) is 3. The molecule has 24 heavy (non-hydrogen) atoms. The Balaban J connectivity index is 1.80. The number of carbonyl (C=O) groups is 2. The summed E-state index contributed by atoms with van der Waals surface area (Å²) in [7, 11) is 0. The fourth-order valence-corrected chi connectivity index (χ4v) is 3.15. The third-order valence-electron chi connectivity index (χ3n) is 3.52. The number of hydrogen-bond donors (Lipinski definition) is 1. The van der Waals surface area contributed by atoms with Gasteiger partial charge in [-0.2, -0.15) is 0 Å². The molecule has 1 amide bonds. The summed E-state index contributed by atoms with van der Waals surface area (Å²) in [4.78, 5) is 23.9. The van der Waals surface area contributed by atoms with Crippen LogP contribution in [0.3, 0.4) is 0 Å². The molecule has 2 rings (SSSR count). The van der Waals surface area contributed by atoms with E-state index in [1.54, 1.807) is 0 Å². The van der Waals surface area contributed by atoms with E-state index >= 15 is 0 Å². The minimum atomic E-state index is -0.476. The lowest BCUT2D eigenvalue weighted by molar-refractivity contribution is -0.125. The molecule has 126 valence electrons. The van der Waals surface area contributed by atoms with E-state index in [0.29, 0.717) is 17.2 Å². The molecule has 1 atom stereocenters. The molecule has 2 aromatic carbocycles. The Hall–Kier alpha value is -1.78. The number of halogens is 1. The SMILES string of the molecule is CC(=O)C(Cc1ccccc1)NC(=O)CSCc1ccc(Cl)cc1. The first-order chi connectivity index (χ1) is 11.5. The van der Waals surface area contributed by atoms with Crippen LogP contribution in [-0.4, -0.2) is 23.5 Å². The fraction of sp³-hybridized carbons (Fsp3) is 0.263. The van der Waals surface area contributed by atoms with Crippen LogP contribution in [0.4, 0.5) is 0 Å². The molecular formula is C19H20ClNO2S. The first-order valence-electron chi connectivity index (χ1n) is 7.70. The zero-order chi connectivity index (χ0) is 17.4. The van der Waals surface area contributed by atoms with Gasteiger partial charge in [0, 0.05) is 10.8 Å². The largest absolute Gasteiger partial charge is 0.345 e. The fourth-order valence-electron chi connectivity index (χ4n) is 2.22. The van der Waals surface area contributed by atoms with Gasteiger partial charge in [0.2, 0.25) is 5.91 Å². The third-order valence-corrected chi connectivity index (χ3v) is 4.78. The summed E-state index contributed by atoms with van der Waals surface area (Å²) in [6.45, 7) is 1.51. The van der Waals surface area contributed by atoms with Gasteiger partial charge in [0.25, 0.3) is 0 Å². The molecule has 0 bridgehead atoms. The summed E-state index contributed by atoms with van der Waals surface area (Å²) in [5.74, 6) is 0.898. The molecule has 1 N–H and O–H groups in total. The van der Waals surface area contributed by atoms with Crippen LogP contribution in [0.25, 0.3) is 0 Å². The second-order valence-corrected chi connectivity index (χ2v) is 6.96. The van der Waals surface area contributed by atoms with Crippen molar-refractivity contribution in [3.63, 3.8) is 0 Å². The molecule has 0 radical (unpaired) electrons. The summed E-state index contributed by atoms with van der Waals surface area (Å²) >= 11 is 7.36. The highest BCUT2D eigenvalue weighted by Crippen LogP contribution is 2.15. The smallest absolute Gasteiger partial charge is 0.230 e. The number of rotatable bonds is 8.